The van der Waals surface area contributed by atoms with Crippen molar-refractivity contribution >= 4 is 11.0 Å². The number of hydrogen-bond acceptors (Lipinski definition) is 1. The van der Waals surface area contributed by atoms with Crippen LogP contribution in [0.15, 0.2) is 18.2 Å². The van der Waals surface area contributed by atoms with Gasteiger partial charge in [-0.25, -0.2) is 4.98 Å². The van der Waals surface area contributed by atoms with Gasteiger partial charge in [-0.1, -0.05) is 19.9 Å². The minimum Gasteiger partial charge on any atom is -0.331 e. The van der Waals surface area contributed by atoms with Gasteiger partial charge in [0.2, 0.25) is 0 Å². The van der Waals surface area contributed by atoms with Crippen LogP contribution < -0.4 is 0 Å². The van der Waals surface area contributed by atoms with Gasteiger partial charge in [0.05, 0.1) is 11.0 Å². The summed E-state index contributed by atoms with van der Waals surface area (Å²) in [4.78, 5) is 4.42. The van der Waals surface area contributed by atoms with Crippen LogP contribution in [0.2, 0.25) is 0 Å². The zero-order valence-corrected chi connectivity index (χ0v) is 9.63. The topological polar surface area (TPSA) is 17.8 Å². The van der Waals surface area contributed by atoms with Crippen molar-refractivity contribution in [3.63, 3.8) is 0 Å². The maximum Gasteiger partial charge on any atom is 0.106 e. The van der Waals surface area contributed by atoms with Crippen LogP contribution in [0.4, 0.5) is 0 Å². The zero-order chi connectivity index (χ0) is 10.7. The predicted octanol–water partition coefficient (Wildman–Crippen LogP) is 3.22. The minimum atomic E-state index is 1.07. The SMILES string of the molecule is CC.Cc1ccc2nc(C)n(C)c2c1. The molecule has 0 fully saturated rings. The monoisotopic (exact) mass is 190 g/mol. The Morgan fingerprint density at radius 3 is 2.43 bits per heavy atom. The Hall–Kier alpha value is -1.31. The molecule has 0 amide bonds. The summed E-state index contributed by atoms with van der Waals surface area (Å²) >= 11 is 0. The molecule has 1 aromatic heterocycles. The summed E-state index contributed by atoms with van der Waals surface area (Å²) in [6, 6.07) is 6.32. The summed E-state index contributed by atoms with van der Waals surface area (Å²) in [5, 5.41) is 0. The molecule has 2 aromatic rings. The number of hydrogen-bond donors (Lipinski definition) is 0. The van der Waals surface area contributed by atoms with Gasteiger partial charge >= 0.3 is 0 Å². The van der Waals surface area contributed by atoms with E-state index in [1.807, 2.05) is 27.8 Å². The molecule has 0 atom stereocenters. The summed E-state index contributed by atoms with van der Waals surface area (Å²) < 4.78 is 2.11. The summed E-state index contributed by atoms with van der Waals surface area (Å²) in [5.74, 6) is 1.07. The summed E-state index contributed by atoms with van der Waals surface area (Å²) in [7, 11) is 2.05. The normalized spacial score (nSPS) is 9.79. The summed E-state index contributed by atoms with van der Waals surface area (Å²) in [6.45, 7) is 8.12. The molecule has 2 rings (SSSR count). The van der Waals surface area contributed by atoms with Gasteiger partial charge < -0.3 is 4.57 Å². The van der Waals surface area contributed by atoms with E-state index in [4.69, 9.17) is 0 Å². The minimum absolute atomic E-state index is 1.07. The number of imidazole rings is 1. The van der Waals surface area contributed by atoms with E-state index < -0.39 is 0 Å². The fourth-order valence-electron chi connectivity index (χ4n) is 1.42. The van der Waals surface area contributed by atoms with Crippen LogP contribution in [0.5, 0.6) is 0 Å². The average molecular weight is 190 g/mol. The predicted molar refractivity (Wildman–Crippen MR) is 61.5 cm³/mol. The van der Waals surface area contributed by atoms with Crippen molar-refractivity contribution in [1.29, 1.82) is 0 Å². The lowest BCUT2D eigenvalue weighted by Crippen LogP contribution is -1.89. The van der Waals surface area contributed by atoms with Crippen molar-refractivity contribution in [3.05, 3.63) is 29.6 Å². The molecule has 1 heterocycles. The first-order valence-electron chi connectivity index (χ1n) is 5.08. The highest BCUT2D eigenvalue weighted by Crippen LogP contribution is 2.15. The van der Waals surface area contributed by atoms with E-state index >= 15 is 0 Å². The van der Waals surface area contributed by atoms with Gasteiger partial charge in [-0.3, -0.25) is 0 Å². The second kappa shape index (κ2) is 4.27. The van der Waals surface area contributed by atoms with Gasteiger partial charge in [-0.15, -0.1) is 0 Å². The van der Waals surface area contributed by atoms with Gasteiger partial charge in [0, 0.05) is 7.05 Å². The molecule has 0 unspecified atom stereocenters. The lowest BCUT2D eigenvalue weighted by Gasteiger charge is -1.96. The second-order valence-electron chi connectivity index (χ2n) is 3.21. The molecule has 0 aliphatic heterocycles. The van der Waals surface area contributed by atoms with Gasteiger partial charge in [-0.05, 0) is 31.5 Å². The highest BCUT2D eigenvalue weighted by Gasteiger charge is 2.02. The third kappa shape index (κ3) is 1.79. The lowest BCUT2D eigenvalue weighted by molar-refractivity contribution is 0.885. The highest BCUT2D eigenvalue weighted by atomic mass is 15.0. The number of aromatic nitrogens is 2. The van der Waals surface area contributed by atoms with Crippen molar-refractivity contribution in [2.75, 3.05) is 0 Å². The molecule has 14 heavy (non-hydrogen) atoms. The molecule has 0 aliphatic carbocycles. The Balaban J connectivity index is 0.000000461. The van der Waals surface area contributed by atoms with Crippen LogP contribution in [0.3, 0.4) is 0 Å². The Morgan fingerprint density at radius 2 is 1.79 bits per heavy atom. The van der Waals surface area contributed by atoms with Crippen molar-refractivity contribution in [2.45, 2.75) is 27.7 Å². The quantitative estimate of drug-likeness (QED) is 0.623. The Bertz CT molecular complexity index is 427. The Labute approximate surface area is 85.6 Å². The number of rotatable bonds is 0. The summed E-state index contributed by atoms with van der Waals surface area (Å²) in [5.41, 5.74) is 3.58. The van der Waals surface area contributed by atoms with Gasteiger partial charge in [0.1, 0.15) is 5.82 Å². The van der Waals surface area contributed by atoms with E-state index in [1.165, 1.54) is 11.1 Å². The van der Waals surface area contributed by atoms with Crippen LogP contribution in [-0.2, 0) is 7.05 Å². The molecule has 2 heteroatoms. The maximum atomic E-state index is 4.42. The van der Waals surface area contributed by atoms with Crippen LogP contribution in [0.1, 0.15) is 25.2 Å². The largest absolute Gasteiger partial charge is 0.331 e. The van der Waals surface area contributed by atoms with E-state index in [-0.39, 0.29) is 0 Å². The van der Waals surface area contributed by atoms with Crippen molar-refractivity contribution in [2.24, 2.45) is 7.05 Å². The van der Waals surface area contributed by atoms with Gasteiger partial charge in [0.25, 0.3) is 0 Å². The first kappa shape index (κ1) is 10.8. The van der Waals surface area contributed by atoms with Crippen molar-refractivity contribution < 1.29 is 0 Å². The zero-order valence-electron chi connectivity index (χ0n) is 9.63. The van der Waals surface area contributed by atoms with Crippen molar-refractivity contribution in [3.8, 4) is 0 Å². The highest BCUT2D eigenvalue weighted by molar-refractivity contribution is 5.76. The number of aryl methyl sites for hydroxylation is 3. The van der Waals surface area contributed by atoms with Crippen LogP contribution in [-0.4, -0.2) is 9.55 Å². The molecule has 1 aromatic carbocycles. The average Bonchev–Trinajstić information content (AvgIpc) is 2.48. The standard InChI is InChI=1S/C10H12N2.C2H6/c1-7-4-5-9-10(6-7)12(3)8(2)11-9;1-2/h4-6H,1-3H3;1-2H3. The molecular weight excluding hydrogens is 172 g/mol. The van der Waals surface area contributed by atoms with Crippen LogP contribution in [0, 0.1) is 13.8 Å². The smallest absolute Gasteiger partial charge is 0.106 e. The third-order valence-electron chi connectivity index (χ3n) is 2.26. The summed E-state index contributed by atoms with van der Waals surface area (Å²) in [6.07, 6.45) is 0. The van der Waals surface area contributed by atoms with Gasteiger partial charge in [0.15, 0.2) is 0 Å². The molecule has 76 valence electrons. The van der Waals surface area contributed by atoms with Crippen LogP contribution in [0.25, 0.3) is 11.0 Å². The van der Waals surface area contributed by atoms with E-state index in [1.54, 1.807) is 0 Å². The molecule has 0 saturated carbocycles. The molecule has 0 N–H and O–H groups in total. The fraction of sp³-hybridized carbons (Fsp3) is 0.417. The Kier molecular flexibility index (Phi) is 3.28. The molecule has 0 radical (unpaired) electrons. The van der Waals surface area contributed by atoms with Gasteiger partial charge in [-0.2, -0.15) is 0 Å². The number of benzene rings is 1. The molecule has 0 aliphatic rings. The second-order valence-corrected chi connectivity index (χ2v) is 3.21. The van der Waals surface area contributed by atoms with E-state index in [0.717, 1.165) is 11.3 Å². The molecule has 0 saturated heterocycles. The van der Waals surface area contributed by atoms with E-state index in [2.05, 4.69) is 34.7 Å². The first-order chi connectivity index (χ1) is 6.68. The van der Waals surface area contributed by atoms with E-state index in [9.17, 15) is 0 Å². The van der Waals surface area contributed by atoms with Crippen LogP contribution >= 0.6 is 0 Å². The fourth-order valence-corrected chi connectivity index (χ4v) is 1.42. The van der Waals surface area contributed by atoms with E-state index in [0.29, 0.717) is 0 Å². The molecule has 0 spiro atoms. The Morgan fingerprint density at radius 1 is 1.14 bits per heavy atom. The van der Waals surface area contributed by atoms with Crippen molar-refractivity contribution in [1.82, 2.24) is 9.55 Å². The molecule has 0 bridgehead atoms. The number of nitrogens with zero attached hydrogens (tertiary/aromatic N) is 2. The first-order valence-corrected chi connectivity index (χ1v) is 5.08. The third-order valence-corrected chi connectivity index (χ3v) is 2.26. The lowest BCUT2D eigenvalue weighted by atomic mass is 10.2. The molecule has 2 nitrogen and oxygen atoms in total. The number of fused-ring (bicyclic) bond motifs is 1. The maximum absolute atomic E-state index is 4.42. The molecular formula is C12H18N2.